The molecule has 0 spiro atoms. The summed E-state index contributed by atoms with van der Waals surface area (Å²) in [4.78, 5) is 35.1. The molecule has 1 aliphatic carbocycles. The zero-order chi connectivity index (χ0) is 37.7. The van der Waals surface area contributed by atoms with Gasteiger partial charge in [-0.2, -0.15) is 17.7 Å². The fraction of sp³-hybridized carbons (Fsp3) is 0.550. The van der Waals surface area contributed by atoms with Crippen LogP contribution >= 0.6 is 0 Å². The fourth-order valence-corrected chi connectivity index (χ4v) is 9.37. The second-order valence-corrected chi connectivity index (χ2v) is 17.2. The molecule has 0 radical (unpaired) electrons. The van der Waals surface area contributed by atoms with Gasteiger partial charge in [0.1, 0.15) is 5.75 Å². The number of piperidine rings is 1. The molecule has 1 saturated carbocycles. The Morgan fingerprint density at radius 2 is 1.79 bits per heavy atom. The van der Waals surface area contributed by atoms with Gasteiger partial charge in [0, 0.05) is 74.0 Å². The molecule has 13 heteroatoms. The van der Waals surface area contributed by atoms with Gasteiger partial charge in [-0.05, 0) is 85.9 Å². The predicted molar refractivity (Wildman–Crippen MR) is 203 cm³/mol. The van der Waals surface area contributed by atoms with Crippen molar-refractivity contribution in [2.75, 3.05) is 34.3 Å². The van der Waals surface area contributed by atoms with Gasteiger partial charge in [0.05, 0.1) is 18.2 Å². The van der Waals surface area contributed by atoms with E-state index in [1.165, 1.54) is 19.7 Å². The zero-order valence-electron chi connectivity index (χ0n) is 31.8. The molecule has 53 heavy (non-hydrogen) atoms. The molecule has 3 aliphatic rings. The maximum absolute atomic E-state index is 14.9. The highest BCUT2D eigenvalue weighted by atomic mass is 32.2. The third kappa shape index (κ3) is 6.64. The number of hydrogen-bond acceptors (Lipinski definition) is 8. The molecule has 2 amide bonds. The van der Waals surface area contributed by atoms with Crippen LogP contribution in [0.25, 0.3) is 22.2 Å². The summed E-state index contributed by atoms with van der Waals surface area (Å²) < 4.78 is 42.1. The largest absolute Gasteiger partial charge is 0.497 e. The Bertz CT molecular complexity index is 2130. The molecule has 1 saturated heterocycles. The second-order valence-electron chi connectivity index (χ2n) is 15.3. The molecular weight excluding hydrogens is 693 g/mol. The number of carbonyl (C=O) groups excluding carboxylic acids is 2. The minimum absolute atomic E-state index is 0.000631. The van der Waals surface area contributed by atoms with Crippen LogP contribution < -0.4 is 9.46 Å². The number of benzene rings is 2. The standard InChI is InChI=1S/C40H52N6O6S/c1-7-10-25(11-8-2)35-30-15-13-27(37(47)43-53(49,50)44(4)5)21-33(30)46-24-40(23-32(40)31-22-28(51-6)14-16-29(31)36(35)46)39(48)45-19-17-26(18-20-45)38-41-34(12-9-3)42-52-38/h13-16,21-22,25-26,32H,7-12,17-20,23-24H2,1-6H3,(H,43,47). The quantitative estimate of drug-likeness (QED) is 0.158. The van der Waals surface area contributed by atoms with Crippen LogP contribution in [-0.4, -0.2) is 78.4 Å². The number of aromatic nitrogens is 3. The van der Waals surface area contributed by atoms with Gasteiger partial charge in [0.2, 0.25) is 11.8 Å². The maximum atomic E-state index is 14.9. The number of amides is 2. The Morgan fingerprint density at radius 3 is 2.45 bits per heavy atom. The van der Waals surface area contributed by atoms with Crippen molar-refractivity contribution in [1.29, 1.82) is 0 Å². The highest BCUT2D eigenvalue weighted by Crippen LogP contribution is 2.66. The number of methoxy groups -OCH3 is 1. The highest BCUT2D eigenvalue weighted by Gasteiger charge is 2.64. The first-order chi connectivity index (χ1) is 25.5. The first kappa shape index (κ1) is 37.1. The van der Waals surface area contributed by atoms with Gasteiger partial charge in [0.15, 0.2) is 5.82 Å². The van der Waals surface area contributed by atoms with E-state index in [-0.39, 0.29) is 29.2 Å². The van der Waals surface area contributed by atoms with Crippen molar-refractivity contribution >= 4 is 32.9 Å². The molecule has 2 aliphatic heterocycles. The van der Waals surface area contributed by atoms with E-state index in [1.807, 2.05) is 23.1 Å². The van der Waals surface area contributed by atoms with Gasteiger partial charge in [0.25, 0.3) is 5.91 Å². The average Bonchev–Trinajstić information content (AvgIpc) is 3.58. The second kappa shape index (κ2) is 14.5. The number of fused-ring (bicyclic) bond motifs is 7. The van der Waals surface area contributed by atoms with Crippen molar-refractivity contribution in [3.63, 3.8) is 0 Å². The van der Waals surface area contributed by atoms with Gasteiger partial charge in [-0.25, -0.2) is 4.72 Å². The number of aryl methyl sites for hydroxylation is 1. The fourth-order valence-electron chi connectivity index (χ4n) is 8.83. The Hall–Kier alpha value is -4.23. The molecule has 2 aromatic carbocycles. The average molecular weight is 745 g/mol. The summed E-state index contributed by atoms with van der Waals surface area (Å²) in [5.74, 6) is 2.00. The molecule has 0 bridgehead atoms. The summed E-state index contributed by atoms with van der Waals surface area (Å²) in [6, 6.07) is 11.7. The van der Waals surface area contributed by atoms with E-state index in [2.05, 4.69) is 52.3 Å². The Morgan fingerprint density at radius 1 is 1.06 bits per heavy atom. The van der Waals surface area contributed by atoms with E-state index in [9.17, 15) is 18.0 Å². The van der Waals surface area contributed by atoms with Crippen LogP contribution in [0.3, 0.4) is 0 Å². The molecule has 12 nitrogen and oxygen atoms in total. The number of nitrogens with one attached hydrogen (secondary N) is 1. The summed E-state index contributed by atoms with van der Waals surface area (Å²) in [5, 5.41) is 5.19. The van der Waals surface area contributed by atoms with Crippen LogP contribution in [-0.2, 0) is 28.0 Å². The predicted octanol–water partition coefficient (Wildman–Crippen LogP) is 6.77. The van der Waals surface area contributed by atoms with Crippen LogP contribution in [0.4, 0.5) is 0 Å². The van der Waals surface area contributed by atoms with Gasteiger partial charge in [-0.1, -0.05) is 44.8 Å². The van der Waals surface area contributed by atoms with Crippen molar-refractivity contribution in [1.82, 2.24) is 28.6 Å². The lowest BCUT2D eigenvalue weighted by Crippen LogP contribution is -2.44. The summed E-state index contributed by atoms with van der Waals surface area (Å²) in [6.07, 6.45) is 7.99. The molecule has 2 unspecified atom stereocenters. The van der Waals surface area contributed by atoms with Crippen molar-refractivity contribution in [3.05, 3.63) is 64.8 Å². The Kier molecular flexibility index (Phi) is 10.2. The number of carbonyl (C=O) groups is 2. The van der Waals surface area contributed by atoms with Crippen molar-refractivity contribution in [3.8, 4) is 17.0 Å². The SMILES string of the molecule is CCCc1noc(C2CCN(C(=O)C34CC3c3cc(OC)ccc3-c3c(C(CCC)CCC)c5ccc(C(=O)NS(=O)(=O)N(C)C)cc5n3C4)CC2)n1. The van der Waals surface area contributed by atoms with Gasteiger partial charge >= 0.3 is 10.2 Å². The zero-order valence-corrected chi connectivity index (χ0v) is 32.6. The van der Waals surface area contributed by atoms with E-state index in [4.69, 9.17) is 9.26 Å². The lowest BCUT2D eigenvalue weighted by Gasteiger charge is -2.34. The van der Waals surface area contributed by atoms with Crippen LogP contribution in [0.1, 0.15) is 123 Å². The minimum Gasteiger partial charge on any atom is -0.497 e. The third-order valence-corrected chi connectivity index (χ3v) is 13.1. The minimum atomic E-state index is -4.00. The van der Waals surface area contributed by atoms with E-state index in [1.54, 1.807) is 13.2 Å². The van der Waals surface area contributed by atoms with Crippen LogP contribution in [0, 0.1) is 5.41 Å². The number of ether oxygens (including phenoxy) is 1. The van der Waals surface area contributed by atoms with Crippen LogP contribution in [0.15, 0.2) is 40.9 Å². The first-order valence-corrected chi connectivity index (χ1v) is 20.6. The summed E-state index contributed by atoms with van der Waals surface area (Å²) >= 11 is 0. The van der Waals surface area contributed by atoms with Crippen LogP contribution in [0.5, 0.6) is 5.75 Å². The van der Waals surface area contributed by atoms with Crippen molar-refractivity contribution < 1.29 is 27.3 Å². The molecule has 2 atom stereocenters. The Balaban J connectivity index is 1.33. The van der Waals surface area contributed by atoms with Gasteiger partial charge in [-0.15, -0.1) is 0 Å². The molecule has 4 aromatic rings. The lowest BCUT2D eigenvalue weighted by atomic mass is 9.85. The van der Waals surface area contributed by atoms with Crippen LogP contribution in [0.2, 0.25) is 0 Å². The number of rotatable bonds is 13. The molecule has 4 heterocycles. The number of likely N-dealkylation sites (tertiary alicyclic amines) is 1. The summed E-state index contributed by atoms with van der Waals surface area (Å²) in [7, 11) is 0.435. The number of nitrogens with zero attached hydrogens (tertiary/aromatic N) is 5. The molecule has 2 fully saturated rings. The van der Waals surface area contributed by atoms with E-state index in [0.717, 1.165) is 95.0 Å². The van der Waals surface area contributed by atoms with E-state index in [0.29, 0.717) is 31.9 Å². The topological polar surface area (TPSA) is 140 Å². The van der Waals surface area contributed by atoms with Gasteiger partial charge in [-0.3, -0.25) is 9.59 Å². The van der Waals surface area contributed by atoms with E-state index >= 15 is 0 Å². The molecule has 284 valence electrons. The first-order valence-electron chi connectivity index (χ1n) is 19.2. The highest BCUT2D eigenvalue weighted by molar-refractivity contribution is 7.87. The van der Waals surface area contributed by atoms with E-state index < -0.39 is 21.5 Å². The third-order valence-electron chi connectivity index (χ3n) is 11.7. The molecular formula is C40H52N6O6S. The van der Waals surface area contributed by atoms with Crippen molar-refractivity contribution in [2.24, 2.45) is 5.41 Å². The molecule has 2 aromatic heterocycles. The molecule has 7 rings (SSSR count). The lowest BCUT2D eigenvalue weighted by molar-refractivity contribution is -0.139. The summed E-state index contributed by atoms with van der Waals surface area (Å²) in [5.41, 5.74) is 4.92. The number of hydrogen-bond donors (Lipinski definition) is 1. The van der Waals surface area contributed by atoms with Crippen molar-refractivity contribution in [2.45, 2.75) is 103 Å². The summed E-state index contributed by atoms with van der Waals surface area (Å²) in [6.45, 7) is 8.18. The maximum Gasteiger partial charge on any atom is 0.303 e. The smallest absolute Gasteiger partial charge is 0.303 e. The van der Waals surface area contributed by atoms with Gasteiger partial charge < -0.3 is 18.7 Å². The molecule has 1 N–H and O–H groups in total. The normalized spacial score (nSPS) is 19.9. The monoisotopic (exact) mass is 744 g/mol. The Labute approximate surface area is 312 Å².